The van der Waals surface area contributed by atoms with Crippen molar-refractivity contribution in [2.75, 3.05) is 25.6 Å². The molecule has 2 aliphatic rings. The molecule has 2 fully saturated rings. The molecule has 1 aromatic rings. The number of nitrogens with two attached hydrogens (primary N) is 1. The molecule has 104 valence electrons. The van der Waals surface area contributed by atoms with Gasteiger partial charge in [-0.15, -0.1) is 11.8 Å². The summed E-state index contributed by atoms with van der Waals surface area (Å²) in [6.45, 7) is 2.48. The summed E-state index contributed by atoms with van der Waals surface area (Å²) in [4.78, 5) is 4.38. The molecule has 0 aromatic carbocycles. The van der Waals surface area contributed by atoms with E-state index in [1.165, 1.54) is 0 Å². The van der Waals surface area contributed by atoms with Crippen LogP contribution in [0.2, 0.25) is 0 Å². The zero-order chi connectivity index (χ0) is 13.1. The van der Waals surface area contributed by atoms with Crippen molar-refractivity contribution in [2.24, 2.45) is 0 Å². The fourth-order valence-electron chi connectivity index (χ4n) is 2.83. The Balaban J connectivity index is 1.67. The van der Waals surface area contributed by atoms with E-state index in [0.29, 0.717) is 5.25 Å². The molecule has 0 radical (unpaired) electrons. The highest BCUT2D eigenvalue weighted by atomic mass is 32.2. The Morgan fingerprint density at radius 2 is 2.16 bits per heavy atom. The third-order valence-electron chi connectivity index (χ3n) is 3.93. The molecular weight excluding hydrogens is 260 g/mol. The Kier molecular flexibility index (Phi) is 3.96. The zero-order valence-electron chi connectivity index (χ0n) is 11.0. The van der Waals surface area contributed by atoms with Crippen molar-refractivity contribution < 1.29 is 9.47 Å². The predicted octanol–water partition coefficient (Wildman–Crippen LogP) is 2.48. The first kappa shape index (κ1) is 13.2. The summed E-state index contributed by atoms with van der Waals surface area (Å²) in [5.74, 6) is 0. The fraction of sp³-hybridized carbons (Fsp3) is 0.643. The maximum Gasteiger partial charge on any atom is 0.119 e. The Hall–Kier alpha value is -0.780. The van der Waals surface area contributed by atoms with E-state index in [9.17, 15) is 0 Å². The van der Waals surface area contributed by atoms with Crippen LogP contribution in [0.15, 0.2) is 23.4 Å². The molecule has 1 aromatic heterocycles. The Bertz CT molecular complexity index is 430. The van der Waals surface area contributed by atoms with E-state index in [4.69, 9.17) is 15.2 Å². The number of rotatable bonds is 2. The van der Waals surface area contributed by atoms with E-state index < -0.39 is 0 Å². The highest BCUT2D eigenvalue weighted by molar-refractivity contribution is 8.00. The van der Waals surface area contributed by atoms with Gasteiger partial charge in [0, 0.05) is 31.3 Å². The number of hydrogen-bond donors (Lipinski definition) is 1. The highest BCUT2D eigenvalue weighted by Crippen LogP contribution is 2.41. The van der Waals surface area contributed by atoms with Crippen LogP contribution in [0.25, 0.3) is 0 Å². The molecule has 3 heterocycles. The average Bonchev–Trinajstić information content (AvgIpc) is 2.42. The van der Waals surface area contributed by atoms with Crippen molar-refractivity contribution in [1.82, 2.24) is 4.98 Å². The second kappa shape index (κ2) is 5.69. The zero-order valence-corrected chi connectivity index (χ0v) is 11.8. The summed E-state index contributed by atoms with van der Waals surface area (Å²) in [5, 5.41) is 1.50. The van der Waals surface area contributed by atoms with Gasteiger partial charge in [-0.25, -0.2) is 4.98 Å². The van der Waals surface area contributed by atoms with Crippen molar-refractivity contribution in [3.63, 3.8) is 0 Å². The SMILES string of the molecule is Nc1cccnc1SC1CCOC2(CCOCC2)C1. The standard InChI is InChI=1S/C14H20N2O2S/c15-12-2-1-6-16-13(12)19-11-3-7-18-14(10-11)4-8-17-9-5-14/h1-2,6,11H,3-5,7-10,15H2. The van der Waals surface area contributed by atoms with Gasteiger partial charge in [-0.2, -0.15) is 0 Å². The molecule has 1 atom stereocenters. The lowest BCUT2D eigenvalue weighted by Crippen LogP contribution is -2.45. The van der Waals surface area contributed by atoms with E-state index in [0.717, 1.165) is 56.2 Å². The van der Waals surface area contributed by atoms with Gasteiger partial charge in [0.15, 0.2) is 0 Å². The fourth-order valence-corrected chi connectivity index (χ4v) is 4.08. The summed E-state index contributed by atoms with van der Waals surface area (Å²) >= 11 is 1.80. The van der Waals surface area contributed by atoms with Crippen LogP contribution in [-0.2, 0) is 9.47 Å². The molecule has 3 rings (SSSR count). The van der Waals surface area contributed by atoms with Gasteiger partial charge in [-0.05, 0) is 37.8 Å². The minimum absolute atomic E-state index is 0.0394. The van der Waals surface area contributed by atoms with Gasteiger partial charge in [-0.3, -0.25) is 0 Å². The van der Waals surface area contributed by atoms with E-state index in [2.05, 4.69) is 4.98 Å². The van der Waals surface area contributed by atoms with E-state index in [-0.39, 0.29) is 5.60 Å². The lowest BCUT2D eigenvalue weighted by atomic mass is 9.86. The molecule has 2 saturated heterocycles. The smallest absolute Gasteiger partial charge is 0.119 e. The monoisotopic (exact) mass is 280 g/mol. The Morgan fingerprint density at radius 3 is 2.95 bits per heavy atom. The molecule has 5 heteroatoms. The van der Waals surface area contributed by atoms with E-state index in [1.807, 2.05) is 18.3 Å². The highest BCUT2D eigenvalue weighted by Gasteiger charge is 2.39. The number of nitrogens with zero attached hydrogens (tertiary/aromatic N) is 1. The average molecular weight is 280 g/mol. The Labute approximate surface area is 118 Å². The first-order chi connectivity index (χ1) is 9.27. The van der Waals surface area contributed by atoms with Crippen molar-refractivity contribution in [1.29, 1.82) is 0 Å². The summed E-state index contributed by atoms with van der Waals surface area (Å²) in [6.07, 6.45) is 5.99. The maximum atomic E-state index is 6.06. The molecule has 0 bridgehead atoms. The summed E-state index contributed by atoms with van der Waals surface area (Å²) in [7, 11) is 0. The van der Waals surface area contributed by atoms with Crippen LogP contribution in [0.3, 0.4) is 0 Å². The van der Waals surface area contributed by atoms with Crippen LogP contribution in [0.4, 0.5) is 5.69 Å². The number of pyridine rings is 1. The summed E-state index contributed by atoms with van der Waals surface area (Å²) < 4.78 is 11.5. The predicted molar refractivity (Wildman–Crippen MR) is 76.3 cm³/mol. The third-order valence-corrected chi connectivity index (χ3v) is 5.23. The first-order valence-corrected chi connectivity index (χ1v) is 7.74. The minimum atomic E-state index is 0.0394. The quantitative estimate of drug-likeness (QED) is 0.902. The van der Waals surface area contributed by atoms with Gasteiger partial charge in [0.1, 0.15) is 5.03 Å². The van der Waals surface area contributed by atoms with Crippen molar-refractivity contribution in [3.05, 3.63) is 18.3 Å². The molecule has 0 saturated carbocycles. The Morgan fingerprint density at radius 1 is 1.32 bits per heavy atom. The molecule has 19 heavy (non-hydrogen) atoms. The first-order valence-electron chi connectivity index (χ1n) is 6.86. The molecule has 1 spiro atoms. The van der Waals surface area contributed by atoms with Gasteiger partial charge >= 0.3 is 0 Å². The second-order valence-electron chi connectivity index (χ2n) is 5.27. The van der Waals surface area contributed by atoms with E-state index in [1.54, 1.807) is 11.8 Å². The van der Waals surface area contributed by atoms with Gasteiger partial charge in [0.2, 0.25) is 0 Å². The van der Waals surface area contributed by atoms with E-state index >= 15 is 0 Å². The van der Waals surface area contributed by atoms with Crippen LogP contribution in [0, 0.1) is 0 Å². The topological polar surface area (TPSA) is 57.4 Å². The van der Waals surface area contributed by atoms with Crippen LogP contribution < -0.4 is 5.73 Å². The van der Waals surface area contributed by atoms with Crippen LogP contribution >= 0.6 is 11.8 Å². The largest absolute Gasteiger partial charge is 0.397 e. The van der Waals surface area contributed by atoms with Crippen molar-refractivity contribution in [2.45, 2.75) is 41.6 Å². The van der Waals surface area contributed by atoms with Crippen LogP contribution in [-0.4, -0.2) is 35.7 Å². The van der Waals surface area contributed by atoms with Crippen molar-refractivity contribution in [3.8, 4) is 0 Å². The third kappa shape index (κ3) is 3.04. The maximum absolute atomic E-state index is 6.06. The van der Waals surface area contributed by atoms with Gasteiger partial charge in [0.25, 0.3) is 0 Å². The molecule has 1 unspecified atom stereocenters. The molecule has 2 aliphatic heterocycles. The lowest BCUT2D eigenvalue weighted by molar-refractivity contribution is -0.131. The van der Waals surface area contributed by atoms with Crippen LogP contribution in [0.1, 0.15) is 25.7 Å². The molecule has 0 aliphatic carbocycles. The lowest BCUT2D eigenvalue weighted by Gasteiger charge is -2.43. The number of nitrogen functional groups attached to an aromatic ring is 1. The number of aromatic nitrogens is 1. The molecule has 0 amide bonds. The summed E-state index contributed by atoms with van der Waals surface area (Å²) in [5.41, 5.74) is 6.79. The number of thioether (sulfide) groups is 1. The second-order valence-corrected chi connectivity index (χ2v) is 6.56. The molecular formula is C14H20N2O2S. The molecule has 2 N–H and O–H groups in total. The minimum Gasteiger partial charge on any atom is -0.397 e. The number of anilines is 1. The molecule has 4 nitrogen and oxygen atoms in total. The van der Waals surface area contributed by atoms with Gasteiger partial charge in [-0.1, -0.05) is 0 Å². The van der Waals surface area contributed by atoms with Gasteiger partial charge in [0.05, 0.1) is 11.3 Å². The van der Waals surface area contributed by atoms with Gasteiger partial charge < -0.3 is 15.2 Å². The normalized spacial score (nSPS) is 26.4. The summed E-state index contributed by atoms with van der Waals surface area (Å²) in [6, 6.07) is 3.79. The number of hydrogen-bond acceptors (Lipinski definition) is 5. The number of ether oxygens (including phenoxy) is 2. The van der Waals surface area contributed by atoms with Crippen molar-refractivity contribution >= 4 is 17.4 Å². The van der Waals surface area contributed by atoms with Crippen LogP contribution in [0.5, 0.6) is 0 Å².